The Hall–Kier alpha value is -6.41. The normalized spacial score (nSPS) is 11.5. The van der Waals surface area contributed by atoms with Crippen molar-refractivity contribution in [2.75, 3.05) is 24.9 Å². The van der Waals surface area contributed by atoms with Crippen molar-refractivity contribution in [1.29, 1.82) is 0 Å². The molecule has 8 aromatic rings. The first-order valence-corrected chi connectivity index (χ1v) is 24.5. The minimum Gasteiger partial charge on any atom is -0.870 e. The summed E-state index contributed by atoms with van der Waals surface area (Å²) in [4.78, 5) is 25.1. The fraction of sp³-hybridized carbons (Fsp3) is 0.0800. The maximum atomic E-state index is 13.3. The molecule has 0 unspecified atom stereocenters. The smallest absolute Gasteiger partial charge is 0.870 e. The van der Waals surface area contributed by atoms with Gasteiger partial charge in [-0.15, -0.1) is 5.11 Å². The van der Waals surface area contributed by atoms with Gasteiger partial charge in [0.05, 0.1) is 41.7 Å². The molecule has 0 spiro atoms. The Balaban J connectivity index is 0.000000235. The van der Waals surface area contributed by atoms with E-state index >= 15 is 0 Å². The first-order chi connectivity index (χ1) is 34.2. The molecule has 0 aliphatic carbocycles. The molecule has 0 fully saturated rings. The number of nitrogens with one attached hydrogen (secondary N) is 2. The number of phenols is 1. The van der Waals surface area contributed by atoms with Gasteiger partial charge in [0, 0.05) is 37.8 Å². The number of amides is 2. The Labute approximate surface area is 468 Å². The van der Waals surface area contributed by atoms with Crippen molar-refractivity contribution in [3.63, 3.8) is 0 Å². The van der Waals surface area contributed by atoms with Crippen molar-refractivity contribution in [3.05, 3.63) is 166 Å². The molecular weight excluding hydrogens is 1150 g/mol. The van der Waals surface area contributed by atoms with E-state index in [1.807, 2.05) is 0 Å². The molecule has 0 aromatic heterocycles. The van der Waals surface area contributed by atoms with E-state index in [2.05, 4.69) is 31.1 Å². The van der Waals surface area contributed by atoms with Gasteiger partial charge in [0.25, 0.3) is 21.9 Å². The number of aromatic hydroxyl groups is 1. The summed E-state index contributed by atoms with van der Waals surface area (Å²) >= 11 is 12.0. The fourth-order valence-corrected chi connectivity index (χ4v) is 9.21. The fourth-order valence-electron chi connectivity index (χ4n) is 7.14. The molecule has 4 N–H and O–H groups in total. The summed E-state index contributed by atoms with van der Waals surface area (Å²) in [5.74, 6) is -1.09. The molecular formula is C50H38BaCl2N6O12S2. The number of azo groups is 2. The number of phenolic OH excluding ortho intramolecular Hbond substituents is 1. The van der Waals surface area contributed by atoms with E-state index in [0.29, 0.717) is 44.4 Å². The van der Waals surface area contributed by atoms with E-state index in [1.54, 1.807) is 97.1 Å². The van der Waals surface area contributed by atoms with Crippen LogP contribution in [0.5, 0.6) is 23.0 Å². The molecule has 0 saturated heterocycles. The molecule has 0 heterocycles. The van der Waals surface area contributed by atoms with Crippen LogP contribution in [-0.4, -0.2) is 106 Å². The Morgan fingerprint density at radius 2 is 1.00 bits per heavy atom. The van der Waals surface area contributed by atoms with Gasteiger partial charge in [-0.1, -0.05) is 77.5 Å². The second-order valence-electron chi connectivity index (χ2n) is 15.5. The number of methoxy groups -OCH3 is 2. The van der Waals surface area contributed by atoms with E-state index in [-0.39, 0.29) is 104 Å². The number of fused-ring (bicyclic) bond motifs is 2. The van der Waals surface area contributed by atoms with Crippen molar-refractivity contribution in [1.82, 2.24) is 0 Å². The predicted octanol–water partition coefficient (Wildman–Crippen LogP) is 11.5. The summed E-state index contributed by atoms with van der Waals surface area (Å²) in [5, 5.41) is 48.1. The molecule has 73 heavy (non-hydrogen) atoms. The maximum absolute atomic E-state index is 13.3. The molecule has 0 aliphatic heterocycles. The van der Waals surface area contributed by atoms with Gasteiger partial charge in [-0.2, -0.15) is 23.8 Å². The molecule has 18 nitrogen and oxygen atoms in total. The van der Waals surface area contributed by atoms with Crippen molar-refractivity contribution in [3.8, 4) is 23.0 Å². The number of anilines is 2. The number of carbonyl (C=O) groups excluding carboxylic acids is 2. The Morgan fingerprint density at radius 3 is 1.47 bits per heavy atom. The molecule has 0 bridgehead atoms. The maximum Gasteiger partial charge on any atom is 2.00 e. The topological polar surface area (TPSA) is 281 Å². The largest absolute Gasteiger partial charge is 2.00 e. The van der Waals surface area contributed by atoms with Crippen LogP contribution in [0.4, 0.5) is 34.1 Å². The second kappa shape index (κ2) is 23.6. The summed E-state index contributed by atoms with van der Waals surface area (Å²) in [6.07, 6.45) is 0. The summed E-state index contributed by atoms with van der Waals surface area (Å²) in [7, 11) is -6.31. The summed E-state index contributed by atoms with van der Waals surface area (Å²) in [6, 6.07) is 34.8. The van der Waals surface area contributed by atoms with Gasteiger partial charge in [0.1, 0.15) is 32.2 Å². The zero-order chi connectivity index (χ0) is 52.1. The summed E-state index contributed by atoms with van der Waals surface area (Å²) in [5.41, 5.74) is 0.816. The van der Waals surface area contributed by atoms with Gasteiger partial charge in [-0.3, -0.25) is 14.1 Å². The molecule has 368 valence electrons. The quantitative estimate of drug-likeness (QED) is 0.0505. The third kappa shape index (κ3) is 13.2. The van der Waals surface area contributed by atoms with Crippen LogP contribution in [0, 0.1) is 13.8 Å². The molecule has 0 saturated carbocycles. The SMILES string of the molecule is COc1ccc(NC(=O)c2cc3ccccc3c(N=Nc3cc(Cl)cc(S(=O)(=O)O)c3C)c2O)cc1.COc1ccc(NC(=O)c2cc3ccccc3c(N=Nc3cc(Cl)cc(S(=O)(=O)[O-])c3C)c2[O-])cc1.[Ba+2]. The predicted molar refractivity (Wildman–Crippen MR) is 275 cm³/mol. The number of carbonyl (C=O) groups is 2. The monoisotopic (exact) mass is 1190 g/mol. The van der Waals surface area contributed by atoms with Gasteiger partial charge < -0.3 is 34.9 Å². The third-order valence-corrected chi connectivity index (χ3v) is 13.2. The first-order valence-electron chi connectivity index (χ1n) is 20.9. The van der Waals surface area contributed by atoms with Crippen LogP contribution >= 0.6 is 23.2 Å². The van der Waals surface area contributed by atoms with Gasteiger partial charge >= 0.3 is 48.9 Å². The van der Waals surface area contributed by atoms with Gasteiger partial charge in [0.15, 0.2) is 5.75 Å². The number of hydrogen-bond donors (Lipinski definition) is 4. The summed E-state index contributed by atoms with van der Waals surface area (Å²) < 4.78 is 77.8. The van der Waals surface area contributed by atoms with Crippen LogP contribution in [0.2, 0.25) is 10.0 Å². The third-order valence-electron chi connectivity index (χ3n) is 10.8. The second-order valence-corrected chi connectivity index (χ2v) is 19.1. The van der Waals surface area contributed by atoms with Crippen LogP contribution < -0.4 is 25.2 Å². The molecule has 8 aromatic carbocycles. The van der Waals surface area contributed by atoms with Crippen LogP contribution in [0.15, 0.2) is 164 Å². The van der Waals surface area contributed by atoms with Gasteiger partial charge in [-0.05, 0) is 121 Å². The van der Waals surface area contributed by atoms with Crippen molar-refractivity contribution in [2.45, 2.75) is 23.6 Å². The van der Waals surface area contributed by atoms with Gasteiger partial charge in [-0.25, -0.2) is 8.42 Å². The van der Waals surface area contributed by atoms with Crippen molar-refractivity contribution in [2.24, 2.45) is 20.5 Å². The van der Waals surface area contributed by atoms with Crippen LogP contribution in [0.3, 0.4) is 0 Å². The number of rotatable bonds is 12. The van der Waals surface area contributed by atoms with Crippen molar-refractivity contribution < 1.29 is 55.2 Å². The first kappa shape index (κ1) is 55.9. The molecule has 0 aliphatic rings. The molecule has 2 amide bonds. The van der Waals surface area contributed by atoms with Crippen LogP contribution in [-0.2, 0) is 20.2 Å². The summed E-state index contributed by atoms with van der Waals surface area (Å²) in [6.45, 7) is 2.81. The minimum absolute atomic E-state index is 0. The Morgan fingerprint density at radius 1 is 0.589 bits per heavy atom. The van der Waals surface area contributed by atoms with E-state index in [0.717, 1.165) is 12.1 Å². The molecule has 23 heteroatoms. The van der Waals surface area contributed by atoms with E-state index in [9.17, 15) is 45.7 Å². The number of nitrogens with zero attached hydrogens (tertiary/aromatic N) is 4. The zero-order valence-corrected chi connectivity index (χ0v) is 46.3. The van der Waals surface area contributed by atoms with Crippen molar-refractivity contribution >= 4 is 160 Å². The molecule has 0 radical (unpaired) electrons. The Kier molecular flexibility index (Phi) is 18.1. The number of hydrogen-bond acceptors (Lipinski definition) is 15. The number of benzene rings is 8. The number of ether oxygens (including phenoxy) is 2. The van der Waals surface area contributed by atoms with E-state index in [1.165, 1.54) is 52.3 Å². The molecule has 0 atom stereocenters. The molecule has 8 rings (SSSR count). The van der Waals surface area contributed by atoms with Crippen LogP contribution in [0.25, 0.3) is 21.5 Å². The number of halogens is 2. The van der Waals surface area contributed by atoms with Gasteiger partial charge in [0.2, 0.25) is 0 Å². The average molecular weight is 1190 g/mol. The Bertz CT molecular complexity index is 3490. The van der Waals surface area contributed by atoms with E-state index < -0.39 is 53.3 Å². The standard InChI is InChI=1S/2C25H20ClN3O6S.Ba/c2*1-14-21(12-16(26)13-22(14)36(32,33)34)28-29-23-19-6-4-3-5-15(19)11-20(24(23)30)25(31)27-17-7-9-18(35-2)10-8-17;/h2*3-13,30H,1-2H3,(H,27,31)(H,32,33,34);/q;;+2/p-2. The minimum atomic E-state index is -4.82. The zero-order valence-electron chi connectivity index (χ0n) is 38.7. The average Bonchev–Trinajstić information content (AvgIpc) is 3.34. The van der Waals surface area contributed by atoms with E-state index in [4.69, 9.17) is 32.7 Å². The van der Waals surface area contributed by atoms with Crippen LogP contribution in [0.1, 0.15) is 31.8 Å².